The molecule has 0 bridgehead atoms. The summed E-state index contributed by atoms with van der Waals surface area (Å²) in [5, 5.41) is 2.71. The molecule has 0 unspecified atom stereocenters. The Kier molecular flexibility index (Phi) is 7.68. The average molecular weight is 387 g/mol. The summed E-state index contributed by atoms with van der Waals surface area (Å²) >= 11 is 0. The summed E-state index contributed by atoms with van der Waals surface area (Å²) < 4.78 is 21.4. The molecular weight excluding hydrogens is 362 g/mol. The Bertz CT molecular complexity index is 820. The first-order valence-electron chi connectivity index (χ1n) is 9.04. The van der Waals surface area contributed by atoms with Gasteiger partial charge in [-0.1, -0.05) is 12.1 Å². The van der Waals surface area contributed by atoms with E-state index < -0.39 is 18.0 Å². The van der Waals surface area contributed by atoms with Crippen LogP contribution < -0.4 is 19.5 Å². The van der Waals surface area contributed by atoms with E-state index in [2.05, 4.69) is 5.32 Å². The topological polar surface area (TPSA) is 83.1 Å². The Morgan fingerprint density at radius 1 is 0.964 bits per heavy atom. The van der Waals surface area contributed by atoms with Gasteiger partial charge in [0.1, 0.15) is 5.75 Å². The number of amides is 1. The SMILES string of the molecule is CCOc1ccccc1NC(=O)[C@H](C)OC(=O)c1ccc(OCC)c(OC)c1. The molecule has 0 aromatic heterocycles. The molecule has 0 aliphatic heterocycles. The van der Waals surface area contributed by atoms with Gasteiger partial charge in [-0.2, -0.15) is 0 Å². The van der Waals surface area contributed by atoms with Gasteiger partial charge in [-0.3, -0.25) is 4.79 Å². The maximum absolute atomic E-state index is 12.4. The monoisotopic (exact) mass is 387 g/mol. The van der Waals surface area contributed by atoms with E-state index in [4.69, 9.17) is 18.9 Å². The van der Waals surface area contributed by atoms with Crippen LogP contribution in [-0.2, 0) is 9.53 Å². The summed E-state index contributed by atoms with van der Waals surface area (Å²) in [6.45, 7) is 6.15. The van der Waals surface area contributed by atoms with Crippen LogP contribution in [0.15, 0.2) is 42.5 Å². The third-order valence-electron chi connectivity index (χ3n) is 3.80. The normalized spacial score (nSPS) is 11.3. The van der Waals surface area contributed by atoms with E-state index in [0.717, 1.165) is 0 Å². The van der Waals surface area contributed by atoms with Crippen molar-refractivity contribution in [1.82, 2.24) is 0 Å². The molecule has 0 radical (unpaired) electrons. The molecule has 0 aliphatic carbocycles. The zero-order chi connectivity index (χ0) is 20.5. The number of para-hydroxylation sites is 2. The van der Waals surface area contributed by atoms with E-state index in [1.807, 2.05) is 19.9 Å². The van der Waals surface area contributed by atoms with Crippen molar-refractivity contribution in [3.8, 4) is 17.2 Å². The highest BCUT2D eigenvalue weighted by Crippen LogP contribution is 2.28. The molecule has 0 fully saturated rings. The molecule has 150 valence electrons. The third kappa shape index (κ3) is 5.39. The van der Waals surface area contributed by atoms with Gasteiger partial charge in [-0.15, -0.1) is 0 Å². The fourth-order valence-corrected chi connectivity index (χ4v) is 2.44. The lowest BCUT2D eigenvalue weighted by Gasteiger charge is -2.16. The third-order valence-corrected chi connectivity index (χ3v) is 3.80. The Morgan fingerprint density at radius 2 is 1.64 bits per heavy atom. The number of hydrogen-bond acceptors (Lipinski definition) is 6. The molecule has 0 spiro atoms. The van der Waals surface area contributed by atoms with Crippen molar-refractivity contribution in [2.45, 2.75) is 26.9 Å². The summed E-state index contributed by atoms with van der Waals surface area (Å²) in [7, 11) is 1.48. The van der Waals surface area contributed by atoms with Crippen molar-refractivity contribution in [3.63, 3.8) is 0 Å². The molecule has 2 rings (SSSR count). The lowest BCUT2D eigenvalue weighted by molar-refractivity contribution is -0.123. The molecule has 7 heteroatoms. The summed E-state index contributed by atoms with van der Waals surface area (Å²) in [5.41, 5.74) is 0.773. The van der Waals surface area contributed by atoms with Crippen LogP contribution >= 0.6 is 0 Å². The van der Waals surface area contributed by atoms with Crippen molar-refractivity contribution in [3.05, 3.63) is 48.0 Å². The number of benzene rings is 2. The molecule has 2 aromatic carbocycles. The number of hydrogen-bond donors (Lipinski definition) is 1. The summed E-state index contributed by atoms with van der Waals surface area (Å²) in [6, 6.07) is 11.8. The van der Waals surface area contributed by atoms with Gasteiger partial charge >= 0.3 is 5.97 Å². The minimum absolute atomic E-state index is 0.259. The van der Waals surface area contributed by atoms with Gasteiger partial charge in [0.15, 0.2) is 17.6 Å². The molecule has 0 heterocycles. The van der Waals surface area contributed by atoms with Crippen LogP contribution in [0.2, 0.25) is 0 Å². The number of methoxy groups -OCH3 is 1. The van der Waals surface area contributed by atoms with E-state index in [0.29, 0.717) is 36.1 Å². The van der Waals surface area contributed by atoms with E-state index >= 15 is 0 Å². The largest absolute Gasteiger partial charge is 0.493 e. The molecule has 1 atom stereocenters. The summed E-state index contributed by atoms with van der Waals surface area (Å²) in [4.78, 5) is 24.8. The lowest BCUT2D eigenvalue weighted by atomic mass is 10.2. The van der Waals surface area contributed by atoms with Crippen molar-refractivity contribution in [2.24, 2.45) is 0 Å². The second-order valence-corrected chi connectivity index (χ2v) is 5.76. The van der Waals surface area contributed by atoms with Gasteiger partial charge < -0.3 is 24.3 Å². The Labute approximate surface area is 164 Å². The van der Waals surface area contributed by atoms with E-state index in [1.54, 1.807) is 30.3 Å². The molecule has 28 heavy (non-hydrogen) atoms. The quantitative estimate of drug-likeness (QED) is 0.661. The Balaban J connectivity index is 2.05. The van der Waals surface area contributed by atoms with Crippen molar-refractivity contribution >= 4 is 17.6 Å². The van der Waals surface area contributed by atoms with Gasteiger partial charge in [0.2, 0.25) is 0 Å². The van der Waals surface area contributed by atoms with Crippen molar-refractivity contribution < 1.29 is 28.5 Å². The van der Waals surface area contributed by atoms with Gasteiger partial charge in [-0.25, -0.2) is 4.79 Å². The average Bonchev–Trinajstić information content (AvgIpc) is 2.70. The minimum atomic E-state index is -1.00. The van der Waals surface area contributed by atoms with E-state index in [-0.39, 0.29) is 5.56 Å². The number of rotatable bonds is 9. The highest BCUT2D eigenvalue weighted by Gasteiger charge is 2.21. The predicted octanol–water partition coefficient (Wildman–Crippen LogP) is 3.68. The van der Waals surface area contributed by atoms with Crippen LogP contribution in [-0.4, -0.2) is 38.3 Å². The number of ether oxygens (including phenoxy) is 4. The first-order valence-corrected chi connectivity index (χ1v) is 9.04. The molecular formula is C21H25NO6. The second kappa shape index (κ2) is 10.2. The number of carbonyl (C=O) groups excluding carboxylic acids is 2. The zero-order valence-electron chi connectivity index (χ0n) is 16.5. The maximum atomic E-state index is 12.4. The number of esters is 1. The number of nitrogens with one attached hydrogen (secondary N) is 1. The van der Waals surface area contributed by atoms with Gasteiger partial charge in [0, 0.05) is 0 Å². The molecule has 0 aliphatic rings. The predicted molar refractivity (Wildman–Crippen MR) is 105 cm³/mol. The molecule has 1 amide bonds. The molecule has 0 saturated heterocycles. The van der Waals surface area contributed by atoms with Gasteiger partial charge in [0.25, 0.3) is 5.91 Å². The fourth-order valence-electron chi connectivity index (χ4n) is 2.44. The smallest absolute Gasteiger partial charge is 0.339 e. The standard InChI is InChI=1S/C21H25NO6/c1-5-26-17-10-8-7-9-16(17)22-20(23)14(3)28-21(24)15-11-12-18(27-6-2)19(13-15)25-4/h7-14H,5-6H2,1-4H3,(H,22,23)/t14-/m0/s1. The van der Waals surface area contributed by atoms with Crippen molar-refractivity contribution in [2.75, 3.05) is 25.6 Å². The molecule has 7 nitrogen and oxygen atoms in total. The van der Waals surface area contributed by atoms with Gasteiger partial charge in [-0.05, 0) is 51.1 Å². The maximum Gasteiger partial charge on any atom is 0.339 e. The van der Waals surface area contributed by atoms with Crippen LogP contribution in [0.3, 0.4) is 0 Å². The highest BCUT2D eigenvalue weighted by molar-refractivity contribution is 5.98. The number of carbonyl (C=O) groups is 2. The van der Waals surface area contributed by atoms with Crippen LogP contribution in [0.4, 0.5) is 5.69 Å². The fraction of sp³-hybridized carbons (Fsp3) is 0.333. The van der Waals surface area contributed by atoms with Crippen LogP contribution in [0.5, 0.6) is 17.2 Å². The van der Waals surface area contributed by atoms with Gasteiger partial charge in [0.05, 0.1) is 31.6 Å². The van der Waals surface area contributed by atoms with E-state index in [1.165, 1.54) is 20.1 Å². The zero-order valence-corrected chi connectivity index (χ0v) is 16.5. The van der Waals surface area contributed by atoms with Crippen molar-refractivity contribution in [1.29, 1.82) is 0 Å². The first kappa shape index (κ1) is 21.1. The summed E-state index contributed by atoms with van der Waals surface area (Å²) in [6.07, 6.45) is -1.00. The highest BCUT2D eigenvalue weighted by atomic mass is 16.5. The van der Waals surface area contributed by atoms with Crippen LogP contribution in [0.25, 0.3) is 0 Å². The summed E-state index contributed by atoms with van der Waals surface area (Å²) in [5.74, 6) is 0.396. The molecule has 0 saturated carbocycles. The lowest BCUT2D eigenvalue weighted by Crippen LogP contribution is -2.30. The Morgan fingerprint density at radius 3 is 2.32 bits per heavy atom. The number of anilines is 1. The molecule has 2 aromatic rings. The van der Waals surface area contributed by atoms with Crippen LogP contribution in [0.1, 0.15) is 31.1 Å². The van der Waals surface area contributed by atoms with Crippen LogP contribution in [0, 0.1) is 0 Å². The van der Waals surface area contributed by atoms with E-state index in [9.17, 15) is 9.59 Å². The minimum Gasteiger partial charge on any atom is -0.493 e. The Hall–Kier alpha value is -3.22. The second-order valence-electron chi connectivity index (χ2n) is 5.76. The molecule has 1 N–H and O–H groups in total. The first-order chi connectivity index (χ1) is 13.5.